The minimum absolute atomic E-state index is 0.0278. The molecule has 19 heavy (non-hydrogen) atoms. The Labute approximate surface area is 116 Å². The zero-order chi connectivity index (χ0) is 14.0. The fourth-order valence-corrected chi connectivity index (χ4v) is 2.86. The Bertz CT molecular complexity index is 482. The minimum atomic E-state index is -0.965. The normalized spacial score (nSPS) is 17.8. The number of carbonyl (C=O) groups is 2. The van der Waals surface area contributed by atoms with E-state index in [4.69, 9.17) is 0 Å². The van der Waals surface area contributed by atoms with Crippen molar-refractivity contribution in [1.82, 2.24) is 10.3 Å². The SMILES string of the molecule is CCc1ncc(C(=O)NC(C(=O)O)C(C)C2CC2)s1. The summed E-state index contributed by atoms with van der Waals surface area (Å²) in [5, 5.41) is 12.7. The largest absolute Gasteiger partial charge is 0.480 e. The quantitative estimate of drug-likeness (QED) is 0.835. The number of carboxylic acids is 1. The van der Waals surface area contributed by atoms with E-state index in [1.807, 2.05) is 13.8 Å². The smallest absolute Gasteiger partial charge is 0.326 e. The van der Waals surface area contributed by atoms with Crippen molar-refractivity contribution in [3.63, 3.8) is 0 Å². The van der Waals surface area contributed by atoms with Crippen molar-refractivity contribution >= 4 is 23.2 Å². The number of carboxylic acid groups (broad SMARTS) is 1. The van der Waals surface area contributed by atoms with Crippen LogP contribution in [0.15, 0.2) is 6.20 Å². The number of rotatable bonds is 6. The molecule has 0 spiro atoms. The van der Waals surface area contributed by atoms with Crippen molar-refractivity contribution in [1.29, 1.82) is 0 Å². The molecule has 1 aliphatic carbocycles. The fourth-order valence-electron chi connectivity index (χ4n) is 2.10. The first-order valence-corrected chi connectivity index (χ1v) is 7.33. The number of aromatic nitrogens is 1. The predicted molar refractivity (Wildman–Crippen MR) is 72.3 cm³/mol. The number of nitrogens with one attached hydrogen (secondary N) is 1. The average Bonchev–Trinajstić information content (AvgIpc) is 3.12. The van der Waals surface area contributed by atoms with Gasteiger partial charge in [0.15, 0.2) is 0 Å². The lowest BCUT2D eigenvalue weighted by Crippen LogP contribution is -2.45. The molecule has 1 aliphatic rings. The molecular weight excluding hydrogens is 264 g/mol. The second kappa shape index (κ2) is 5.69. The maximum absolute atomic E-state index is 12.0. The number of thiazole rings is 1. The molecule has 1 saturated carbocycles. The van der Waals surface area contributed by atoms with Gasteiger partial charge in [0.2, 0.25) is 0 Å². The standard InChI is InChI=1S/C13H18N2O3S/c1-3-10-14-6-9(19-10)12(16)15-11(13(17)18)7(2)8-4-5-8/h6-8,11H,3-5H2,1-2H3,(H,15,16)(H,17,18). The van der Waals surface area contributed by atoms with Crippen molar-refractivity contribution in [2.45, 2.75) is 39.2 Å². The van der Waals surface area contributed by atoms with E-state index < -0.39 is 12.0 Å². The molecule has 2 N–H and O–H groups in total. The van der Waals surface area contributed by atoms with Gasteiger partial charge in [-0.15, -0.1) is 11.3 Å². The van der Waals surface area contributed by atoms with E-state index in [9.17, 15) is 14.7 Å². The van der Waals surface area contributed by atoms with Crippen LogP contribution in [0.1, 0.15) is 41.4 Å². The Morgan fingerprint density at radius 1 is 1.58 bits per heavy atom. The van der Waals surface area contributed by atoms with Gasteiger partial charge in [0, 0.05) is 0 Å². The first kappa shape index (κ1) is 14.0. The van der Waals surface area contributed by atoms with Crippen LogP contribution >= 0.6 is 11.3 Å². The molecule has 1 fully saturated rings. The molecule has 0 aliphatic heterocycles. The predicted octanol–water partition coefficient (Wildman–Crippen LogP) is 1.93. The van der Waals surface area contributed by atoms with E-state index in [1.165, 1.54) is 17.5 Å². The summed E-state index contributed by atoms with van der Waals surface area (Å²) in [6, 6.07) is -0.813. The van der Waals surface area contributed by atoms with Crippen molar-refractivity contribution in [3.05, 3.63) is 16.1 Å². The first-order chi connectivity index (χ1) is 9.02. The van der Waals surface area contributed by atoms with E-state index in [-0.39, 0.29) is 11.8 Å². The molecule has 0 bridgehead atoms. The van der Waals surface area contributed by atoms with E-state index in [0.717, 1.165) is 24.3 Å². The zero-order valence-electron chi connectivity index (χ0n) is 11.0. The number of hydrogen-bond acceptors (Lipinski definition) is 4. The maximum atomic E-state index is 12.0. The lowest BCUT2D eigenvalue weighted by atomic mass is 9.96. The molecule has 0 radical (unpaired) electrons. The van der Waals surface area contributed by atoms with Gasteiger partial charge in [0.1, 0.15) is 10.9 Å². The second-order valence-electron chi connectivity index (χ2n) is 4.96. The number of hydrogen-bond donors (Lipinski definition) is 2. The summed E-state index contributed by atoms with van der Waals surface area (Å²) >= 11 is 1.31. The highest BCUT2D eigenvalue weighted by Crippen LogP contribution is 2.38. The van der Waals surface area contributed by atoms with E-state index in [2.05, 4.69) is 10.3 Å². The monoisotopic (exact) mass is 282 g/mol. The van der Waals surface area contributed by atoms with Crippen LogP contribution in [0, 0.1) is 11.8 Å². The third-order valence-electron chi connectivity index (χ3n) is 3.52. The molecule has 2 unspecified atom stereocenters. The van der Waals surface area contributed by atoms with Gasteiger partial charge in [-0.25, -0.2) is 9.78 Å². The summed E-state index contributed by atoms with van der Waals surface area (Å²) < 4.78 is 0. The van der Waals surface area contributed by atoms with Gasteiger partial charge in [-0.3, -0.25) is 4.79 Å². The van der Waals surface area contributed by atoms with Crippen LogP contribution < -0.4 is 5.32 Å². The summed E-state index contributed by atoms with van der Waals surface area (Å²) in [5.74, 6) is -0.904. The Morgan fingerprint density at radius 3 is 2.74 bits per heavy atom. The van der Waals surface area contributed by atoms with Crippen LogP contribution in [-0.4, -0.2) is 28.0 Å². The summed E-state index contributed by atoms with van der Waals surface area (Å²) in [5.41, 5.74) is 0. The molecule has 104 valence electrons. The van der Waals surface area contributed by atoms with Crippen molar-refractivity contribution in [3.8, 4) is 0 Å². The summed E-state index contributed by atoms with van der Waals surface area (Å²) in [7, 11) is 0. The topological polar surface area (TPSA) is 79.3 Å². The number of carbonyl (C=O) groups excluding carboxylic acids is 1. The van der Waals surface area contributed by atoms with Crippen LogP contribution in [0.4, 0.5) is 0 Å². The van der Waals surface area contributed by atoms with E-state index in [1.54, 1.807) is 0 Å². The van der Waals surface area contributed by atoms with E-state index >= 15 is 0 Å². The number of aryl methyl sites for hydroxylation is 1. The molecule has 0 saturated heterocycles. The van der Waals surface area contributed by atoms with Crippen LogP contribution in [0.25, 0.3) is 0 Å². The van der Waals surface area contributed by atoms with Gasteiger partial charge in [0.05, 0.1) is 11.2 Å². The van der Waals surface area contributed by atoms with Gasteiger partial charge >= 0.3 is 5.97 Å². The molecular formula is C13H18N2O3S. The Balaban J connectivity index is 2.03. The molecule has 1 heterocycles. The Kier molecular flexibility index (Phi) is 4.19. The van der Waals surface area contributed by atoms with Crippen LogP contribution in [0.2, 0.25) is 0 Å². The zero-order valence-corrected chi connectivity index (χ0v) is 11.9. The van der Waals surface area contributed by atoms with Crippen LogP contribution in [0.5, 0.6) is 0 Å². The molecule has 5 nitrogen and oxygen atoms in total. The van der Waals surface area contributed by atoms with Crippen LogP contribution in [0.3, 0.4) is 0 Å². The Hall–Kier alpha value is -1.43. The van der Waals surface area contributed by atoms with Crippen LogP contribution in [-0.2, 0) is 11.2 Å². The summed E-state index contributed by atoms with van der Waals surface area (Å²) in [6.45, 7) is 3.86. The molecule has 2 atom stereocenters. The minimum Gasteiger partial charge on any atom is -0.480 e. The molecule has 1 amide bonds. The Morgan fingerprint density at radius 2 is 2.26 bits per heavy atom. The van der Waals surface area contributed by atoms with Gasteiger partial charge < -0.3 is 10.4 Å². The highest BCUT2D eigenvalue weighted by atomic mass is 32.1. The van der Waals surface area contributed by atoms with Crippen molar-refractivity contribution in [2.75, 3.05) is 0 Å². The maximum Gasteiger partial charge on any atom is 0.326 e. The summed E-state index contributed by atoms with van der Waals surface area (Å²) in [6.07, 6.45) is 4.40. The van der Waals surface area contributed by atoms with Gasteiger partial charge in [-0.2, -0.15) is 0 Å². The summed E-state index contributed by atoms with van der Waals surface area (Å²) in [4.78, 5) is 27.9. The molecule has 1 aromatic heterocycles. The first-order valence-electron chi connectivity index (χ1n) is 6.51. The van der Waals surface area contributed by atoms with Gasteiger partial charge in [-0.05, 0) is 31.1 Å². The number of nitrogens with zero attached hydrogens (tertiary/aromatic N) is 1. The number of amides is 1. The van der Waals surface area contributed by atoms with E-state index in [0.29, 0.717) is 10.8 Å². The highest BCUT2D eigenvalue weighted by Gasteiger charge is 2.37. The third kappa shape index (κ3) is 3.32. The lowest BCUT2D eigenvalue weighted by Gasteiger charge is -2.20. The molecule has 2 rings (SSSR count). The number of aliphatic carboxylic acids is 1. The third-order valence-corrected chi connectivity index (χ3v) is 4.66. The van der Waals surface area contributed by atoms with Crippen molar-refractivity contribution in [2.24, 2.45) is 11.8 Å². The molecule has 0 aromatic carbocycles. The highest BCUT2D eigenvalue weighted by molar-refractivity contribution is 7.13. The average molecular weight is 282 g/mol. The molecule has 6 heteroatoms. The fraction of sp³-hybridized carbons (Fsp3) is 0.615. The van der Waals surface area contributed by atoms with Gasteiger partial charge in [0.25, 0.3) is 5.91 Å². The van der Waals surface area contributed by atoms with Crippen molar-refractivity contribution < 1.29 is 14.7 Å². The second-order valence-corrected chi connectivity index (χ2v) is 6.07. The van der Waals surface area contributed by atoms with Gasteiger partial charge in [-0.1, -0.05) is 13.8 Å². The molecule has 1 aromatic rings. The lowest BCUT2D eigenvalue weighted by molar-refractivity contribution is -0.140.